The molecule has 1 aromatic rings. The van der Waals surface area contributed by atoms with Gasteiger partial charge >= 0.3 is 12.4 Å². The van der Waals surface area contributed by atoms with Gasteiger partial charge < -0.3 is 0 Å². The van der Waals surface area contributed by atoms with E-state index in [1.165, 1.54) is 13.1 Å². The first-order valence-electron chi connectivity index (χ1n) is 5.03. The molecule has 0 amide bonds. The molecule has 0 atom stereocenters. The Kier molecular flexibility index (Phi) is 3.62. The summed E-state index contributed by atoms with van der Waals surface area (Å²) in [5, 5.41) is 0. The van der Waals surface area contributed by atoms with E-state index in [9.17, 15) is 13.2 Å². The Labute approximate surface area is 98.4 Å². The van der Waals surface area contributed by atoms with Crippen molar-refractivity contribution in [3.05, 3.63) is 45.4 Å². The van der Waals surface area contributed by atoms with Crippen LogP contribution in [0.2, 0.25) is 0 Å². The van der Waals surface area contributed by atoms with Crippen LogP contribution in [0.1, 0.15) is 29.2 Å². The molecule has 0 saturated carbocycles. The van der Waals surface area contributed by atoms with E-state index in [1.807, 2.05) is 0 Å². The molecule has 1 nitrogen and oxygen atoms in total. The molecule has 1 aromatic carbocycles. The van der Waals surface area contributed by atoms with Gasteiger partial charge in [-0.3, -0.25) is 0 Å². The first-order chi connectivity index (χ1) is 7.77. The maximum Gasteiger partial charge on any atom is 0.416 e. The number of hydrogen-bond donors (Lipinski definition) is 0. The third-order valence-electron chi connectivity index (χ3n) is 2.55. The Bertz CT molecular complexity index is 505. The molecule has 0 aliphatic heterocycles. The summed E-state index contributed by atoms with van der Waals surface area (Å²) < 4.78 is 38.4. The lowest BCUT2D eigenvalue weighted by Crippen LogP contribution is -2.09. The molecule has 0 heterocycles. The standard InChI is InChI=1S/C13H13F3N/c1-8-5-11(9(2)7-17-4)10(3)12(6-8)13(14,15)16/h4-7H,1-3H3/q+1/b9-7-. The molecule has 0 spiro atoms. The maximum absolute atomic E-state index is 12.8. The van der Waals surface area contributed by atoms with Crippen molar-refractivity contribution in [2.45, 2.75) is 26.9 Å². The van der Waals surface area contributed by atoms with E-state index in [-0.39, 0.29) is 5.56 Å². The normalized spacial score (nSPS) is 12.4. The van der Waals surface area contributed by atoms with Crippen LogP contribution in [0.25, 0.3) is 10.4 Å². The summed E-state index contributed by atoms with van der Waals surface area (Å²) in [6.07, 6.45) is -2.99. The highest BCUT2D eigenvalue weighted by Gasteiger charge is 2.33. The molecular formula is C13H13F3N+. The van der Waals surface area contributed by atoms with Gasteiger partial charge in [0, 0.05) is 5.57 Å². The van der Waals surface area contributed by atoms with Gasteiger partial charge in [-0.25, -0.2) is 0 Å². The minimum absolute atomic E-state index is 0.195. The van der Waals surface area contributed by atoms with Crippen LogP contribution in [0.5, 0.6) is 0 Å². The van der Waals surface area contributed by atoms with E-state index in [0.29, 0.717) is 16.7 Å². The zero-order chi connectivity index (χ0) is 13.2. The molecule has 0 aromatic heterocycles. The summed E-state index contributed by atoms with van der Waals surface area (Å²) in [6, 6.07) is 2.84. The topological polar surface area (TPSA) is 4.36 Å². The Morgan fingerprint density at radius 1 is 1.29 bits per heavy atom. The van der Waals surface area contributed by atoms with Gasteiger partial charge in [-0.2, -0.15) is 13.2 Å². The highest BCUT2D eigenvalue weighted by molar-refractivity contribution is 5.69. The highest BCUT2D eigenvalue weighted by atomic mass is 19.4. The third-order valence-corrected chi connectivity index (χ3v) is 2.55. The third kappa shape index (κ3) is 2.88. The molecular weight excluding hydrogens is 227 g/mol. The molecule has 0 bridgehead atoms. The number of alkyl halides is 3. The number of hydrogen-bond acceptors (Lipinski definition) is 0. The molecule has 0 aliphatic rings. The van der Waals surface area contributed by atoms with E-state index in [2.05, 4.69) is 4.85 Å². The quantitative estimate of drug-likeness (QED) is 0.673. The molecule has 17 heavy (non-hydrogen) atoms. The number of halogens is 3. The van der Waals surface area contributed by atoms with Gasteiger partial charge in [0.1, 0.15) is 0 Å². The van der Waals surface area contributed by atoms with Crippen LogP contribution in [0.4, 0.5) is 13.2 Å². The first-order valence-corrected chi connectivity index (χ1v) is 5.03. The minimum atomic E-state index is -4.34. The average Bonchev–Trinajstić information content (AvgIpc) is 2.19. The lowest BCUT2D eigenvalue weighted by Gasteiger charge is -2.14. The predicted molar refractivity (Wildman–Crippen MR) is 62.9 cm³/mol. The van der Waals surface area contributed by atoms with Crippen LogP contribution in [0.15, 0.2) is 18.3 Å². The zero-order valence-electron chi connectivity index (χ0n) is 9.89. The molecule has 1 rings (SSSR count). The average molecular weight is 240 g/mol. The fraction of sp³-hybridized carbons (Fsp3) is 0.308. The fourth-order valence-corrected chi connectivity index (χ4v) is 1.74. The molecule has 0 fully saturated rings. The monoisotopic (exact) mass is 240 g/mol. The Morgan fingerprint density at radius 2 is 1.88 bits per heavy atom. The second kappa shape index (κ2) is 4.62. The lowest BCUT2D eigenvalue weighted by atomic mass is 9.95. The Morgan fingerprint density at radius 3 is 2.35 bits per heavy atom. The van der Waals surface area contributed by atoms with Crippen molar-refractivity contribution < 1.29 is 13.2 Å². The molecule has 0 unspecified atom stereocenters. The van der Waals surface area contributed by atoms with E-state index in [0.717, 1.165) is 6.07 Å². The number of nitrogens with zero attached hydrogens (tertiary/aromatic N) is 1. The van der Waals surface area contributed by atoms with Crippen LogP contribution in [0, 0.1) is 20.4 Å². The van der Waals surface area contributed by atoms with Gasteiger partial charge in [0.05, 0.1) is 5.56 Å². The molecule has 0 aliphatic carbocycles. The second-order valence-electron chi connectivity index (χ2n) is 3.94. The van der Waals surface area contributed by atoms with Crippen molar-refractivity contribution >= 4 is 5.57 Å². The summed E-state index contributed by atoms with van der Waals surface area (Å²) in [6.45, 7) is 9.76. The molecule has 90 valence electrons. The van der Waals surface area contributed by atoms with Crippen molar-refractivity contribution in [2.75, 3.05) is 0 Å². The molecule has 0 radical (unpaired) electrons. The minimum Gasteiger partial charge on any atom is -0.166 e. The summed E-state index contributed by atoms with van der Waals surface area (Å²) in [7, 11) is 0. The van der Waals surface area contributed by atoms with Gasteiger partial charge in [0.25, 0.3) is 6.57 Å². The zero-order valence-corrected chi connectivity index (χ0v) is 9.89. The largest absolute Gasteiger partial charge is 0.416 e. The van der Waals surface area contributed by atoms with Crippen LogP contribution in [-0.4, -0.2) is 0 Å². The number of rotatable bonds is 1. The van der Waals surface area contributed by atoms with Gasteiger partial charge in [0.15, 0.2) is 0 Å². The second-order valence-corrected chi connectivity index (χ2v) is 3.94. The Balaban J connectivity index is 3.51. The first kappa shape index (κ1) is 13.3. The lowest BCUT2D eigenvalue weighted by molar-refractivity contribution is -0.138. The molecule has 4 heteroatoms. The van der Waals surface area contributed by atoms with E-state index in [4.69, 9.17) is 6.57 Å². The maximum atomic E-state index is 12.8. The summed E-state index contributed by atoms with van der Waals surface area (Å²) in [4.78, 5) is 3.33. The van der Waals surface area contributed by atoms with E-state index >= 15 is 0 Å². The Hall–Kier alpha value is -1.76. The van der Waals surface area contributed by atoms with Gasteiger partial charge in [0.2, 0.25) is 0 Å². The van der Waals surface area contributed by atoms with Crippen molar-refractivity contribution in [3.63, 3.8) is 0 Å². The number of allylic oxidation sites excluding steroid dienone is 1. The van der Waals surface area contributed by atoms with Crippen LogP contribution < -0.4 is 0 Å². The van der Waals surface area contributed by atoms with Crippen molar-refractivity contribution in [1.82, 2.24) is 0 Å². The SMILES string of the molecule is C#[N+]/C=C(/C)c1cc(C)cc(C(F)(F)F)c1C. The van der Waals surface area contributed by atoms with Crippen LogP contribution in [0.3, 0.4) is 0 Å². The van der Waals surface area contributed by atoms with Gasteiger partial charge in [-0.1, -0.05) is 6.07 Å². The number of aryl methyl sites for hydroxylation is 1. The predicted octanol–water partition coefficient (Wildman–Crippen LogP) is 4.65. The van der Waals surface area contributed by atoms with Crippen LogP contribution in [-0.2, 0) is 6.18 Å². The van der Waals surface area contributed by atoms with Crippen molar-refractivity contribution in [2.24, 2.45) is 0 Å². The summed E-state index contributed by atoms with van der Waals surface area (Å²) in [5.41, 5.74) is 1.27. The molecule has 0 saturated heterocycles. The van der Waals surface area contributed by atoms with Crippen molar-refractivity contribution in [3.8, 4) is 6.57 Å². The number of benzene rings is 1. The van der Waals surface area contributed by atoms with Gasteiger partial charge in [-0.05, 0) is 48.4 Å². The summed E-state index contributed by atoms with van der Waals surface area (Å²) >= 11 is 0. The van der Waals surface area contributed by atoms with Crippen LogP contribution >= 0.6 is 0 Å². The highest BCUT2D eigenvalue weighted by Crippen LogP contribution is 2.35. The summed E-state index contributed by atoms with van der Waals surface area (Å²) in [5.74, 6) is 0. The smallest absolute Gasteiger partial charge is 0.166 e. The fourth-order valence-electron chi connectivity index (χ4n) is 1.74. The van der Waals surface area contributed by atoms with Crippen molar-refractivity contribution in [1.29, 1.82) is 0 Å². The van der Waals surface area contributed by atoms with Gasteiger partial charge in [-0.15, -0.1) is 0 Å². The molecule has 0 N–H and O–H groups in total. The van der Waals surface area contributed by atoms with E-state index < -0.39 is 11.7 Å². The van der Waals surface area contributed by atoms with E-state index in [1.54, 1.807) is 19.9 Å².